The van der Waals surface area contributed by atoms with E-state index in [0.717, 1.165) is 0 Å². The first kappa shape index (κ1) is 14.4. The molecule has 1 heterocycles. The van der Waals surface area contributed by atoms with E-state index >= 15 is 0 Å². The highest BCUT2D eigenvalue weighted by molar-refractivity contribution is 7.91. The summed E-state index contributed by atoms with van der Waals surface area (Å²) in [6, 6.07) is 3.12. The summed E-state index contributed by atoms with van der Waals surface area (Å²) in [5.41, 5.74) is -0.680. The van der Waals surface area contributed by atoms with Gasteiger partial charge in [0.05, 0.1) is 11.5 Å². The molecule has 0 aliphatic carbocycles. The van der Waals surface area contributed by atoms with E-state index in [4.69, 9.17) is 0 Å². The number of halogens is 2. The summed E-state index contributed by atoms with van der Waals surface area (Å²) in [7, 11) is -3.05. The second-order valence-electron chi connectivity index (χ2n) is 5.40. The second-order valence-corrected chi connectivity index (χ2v) is 7.59. The quantitative estimate of drug-likeness (QED) is 0.928. The highest BCUT2D eigenvalue weighted by Gasteiger charge is 2.39. The van der Waals surface area contributed by atoms with Crippen molar-refractivity contribution in [2.45, 2.75) is 31.8 Å². The SMILES string of the molecule is CC(NC1(C)CCS(=O)(=O)C1)c1c(F)cccc1F. The molecule has 1 aliphatic rings. The van der Waals surface area contributed by atoms with Gasteiger partial charge in [0.1, 0.15) is 11.6 Å². The van der Waals surface area contributed by atoms with Crippen LogP contribution >= 0.6 is 0 Å². The molecule has 0 aromatic heterocycles. The van der Waals surface area contributed by atoms with E-state index in [0.29, 0.717) is 6.42 Å². The smallest absolute Gasteiger partial charge is 0.152 e. The predicted molar refractivity (Wildman–Crippen MR) is 69.6 cm³/mol. The first-order chi connectivity index (χ1) is 8.72. The fourth-order valence-corrected chi connectivity index (χ4v) is 4.75. The summed E-state index contributed by atoms with van der Waals surface area (Å²) in [5.74, 6) is -1.13. The van der Waals surface area contributed by atoms with Crippen LogP contribution in [-0.2, 0) is 9.84 Å². The Balaban J connectivity index is 2.20. The van der Waals surface area contributed by atoms with Gasteiger partial charge in [-0.2, -0.15) is 0 Å². The Bertz CT molecular complexity index is 568. The molecule has 0 saturated carbocycles. The Kier molecular flexibility index (Phi) is 3.66. The van der Waals surface area contributed by atoms with Gasteiger partial charge in [0.25, 0.3) is 0 Å². The number of benzene rings is 1. The molecule has 2 unspecified atom stereocenters. The summed E-state index contributed by atoms with van der Waals surface area (Å²) in [6.07, 6.45) is 0.454. The van der Waals surface area contributed by atoms with Crippen LogP contribution in [0.5, 0.6) is 0 Å². The van der Waals surface area contributed by atoms with Crippen molar-refractivity contribution in [3.8, 4) is 0 Å². The van der Waals surface area contributed by atoms with Crippen molar-refractivity contribution >= 4 is 9.84 Å². The molecule has 1 aromatic carbocycles. The molecule has 1 N–H and O–H groups in total. The molecule has 19 heavy (non-hydrogen) atoms. The maximum atomic E-state index is 13.7. The summed E-state index contributed by atoms with van der Waals surface area (Å²) in [6.45, 7) is 3.41. The van der Waals surface area contributed by atoms with Crippen molar-refractivity contribution < 1.29 is 17.2 Å². The zero-order valence-corrected chi connectivity index (χ0v) is 11.7. The van der Waals surface area contributed by atoms with E-state index in [1.54, 1.807) is 13.8 Å². The standard InChI is InChI=1S/C13H17F2NO2S/c1-9(12-10(14)4-3-5-11(12)15)16-13(2)6-7-19(17,18)8-13/h3-5,9,16H,6-8H2,1-2H3. The molecule has 3 nitrogen and oxygen atoms in total. The summed E-state index contributed by atoms with van der Waals surface area (Å²) in [4.78, 5) is 0. The molecule has 2 rings (SSSR count). The van der Waals surface area contributed by atoms with Crippen molar-refractivity contribution in [2.75, 3.05) is 11.5 Å². The third-order valence-electron chi connectivity index (χ3n) is 3.50. The van der Waals surface area contributed by atoms with Crippen LogP contribution in [0.15, 0.2) is 18.2 Å². The third kappa shape index (κ3) is 3.12. The van der Waals surface area contributed by atoms with Crippen LogP contribution in [0.3, 0.4) is 0 Å². The minimum absolute atomic E-state index is 0.000408. The van der Waals surface area contributed by atoms with Gasteiger partial charge in [0, 0.05) is 17.1 Å². The Morgan fingerprint density at radius 3 is 2.37 bits per heavy atom. The lowest BCUT2D eigenvalue weighted by Crippen LogP contribution is -2.45. The zero-order chi connectivity index (χ0) is 14.3. The van der Waals surface area contributed by atoms with Crippen LogP contribution in [0.4, 0.5) is 8.78 Å². The van der Waals surface area contributed by atoms with E-state index in [9.17, 15) is 17.2 Å². The fraction of sp³-hybridized carbons (Fsp3) is 0.538. The van der Waals surface area contributed by atoms with Gasteiger partial charge in [-0.1, -0.05) is 6.07 Å². The molecule has 6 heteroatoms. The van der Waals surface area contributed by atoms with Crippen molar-refractivity contribution in [3.05, 3.63) is 35.4 Å². The van der Waals surface area contributed by atoms with Gasteiger partial charge in [-0.25, -0.2) is 17.2 Å². The molecule has 1 saturated heterocycles. The average molecular weight is 289 g/mol. The first-order valence-corrected chi connectivity index (χ1v) is 7.97. The summed E-state index contributed by atoms with van der Waals surface area (Å²) < 4.78 is 50.3. The Morgan fingerprint density at radius 2 is 1.89 bits per heavy atom. The molecule has 0 spiro atoms. The van der Waals surface area contributed by atoms with Crippen molar-refractivity contribution in [1.29, 1.82) is 0 Å². The topological polar surface area (TPSA) is 46.2 Å². The largest absolute Gasteiger partial charge is 0.304 e. The van der Waals surface area contributed by atoms with E-state index in [-0.39, 0.29) is 17.1 Å². The average Bonchev–Trinajstić information content (AvgIpc) is 2.52. The van der Waals surface area contributed by atoms with Gasteiger partial charge in [-0.3, -0.25) is 0 Å². The number of hydrogen-bond donors (Lipinski definition) is 1. The van der Waals surface area contributed by atoms with Gasteiger partial charge in [0.2, 0.25) is 0 Å². The zero-order valence-electron chi connectivity index (χ0n) is 10.9. The summed E-state index contributed by atoms with van der Waals surface area (Å²) >= 11 is 0. The molecule has 1 fully saturated rings. The van der Waals surface area contributed by atoms with Crippen molar-refractivity contribution in [3.63, 3.8) is 0 Å². The van der Waals surface area contributed by atoms with Crippen LogP contribution < -0.4 is 5.32 Å². The highest BCUT2D eigenvalue weighted by atomic mass is 32.2. The molecule has 0 bridgehead atoms. The number of sulfone groups is 1. The lowest BCUT2D eigenvalue weighted by atomic mass is 9.98. The Labute approximate surface area is 111 Å². The molecule has 106 valence electrons. The number of nitrogens with one attached hydrogen (secondary N) is 1. The minimum Gasteiger partial charge on any atom is -0.304 e. The van der Waals surface area contributed by atoms with Gasteiger partial charge >= 0.3 is 0 Å². The second kappa shape index (κ2) is 4.83. The predicted octanol–water partition coefficient (Wildman–Crippen LogP) is 2.19. The number of hydrogen-bond acceptors (Lipinski definition) is 3. The normalized spacial score (nSPS) is 27.4. The monoisotopic (exact) mass is 289 g/mol. The van der Waals surface area contributed by atoms with Gasteiger partial charge in [0.15, 0.2) is 9.84 Å². The fourth-order valence-electron chi connectivity index (χ4n) is 2.64. The molecule has 0 radical (unpaired) electrons. The van der Waals surface area contributed by atoms with Crippen LogP contribution in [0, 0.1) is 11.6 Å². The third-order valence-corrected chi connectivity index (χ3v) is 5.40. The molecule has 1 aromatic rings. The minimum atomic E-state index is -3.05. The lowest BCUT2D eigenvalue weighted by Gasteiger charge is -2.29. The van der Waals surface area contributed by atoms with Crippen LogP contribution in [0.25, 0.3) is 0 Å². The molecular weight excluding hydrogens is 272 g/mol. The van der Waals surface area contributed by atoms with E-state index < -0.39 is 33.1 Å². The Morgan fingerprint density at radius 1 is 1.32 bits per heavy atom. The molecular formula is C13H17F2NO2S. The maximum Gasteiger partial charge on any atom is 0.152 e. The van der Waals surface area contributed by atoms with Gasteiger partial charge in [-0.15, -0.1) is 0 Å². The van der Waals surface area contributed by atoms with E-state index in [1.807, 2.05) is 0 Å². The maximum absolute atomic E-state index is 13.7. The van der Waals surface area contributed by atoms with Crippen LogP contribution in [-0.4, -0.2) is 25.5 Å². The van der Waals surface area contributed by atoms with E-state index in [2.05, 4.69) is 5.32 Å². The van der Waals surface area contributed by atoms with Crippen molar-refractivity contribution in [1.82, 2.24) is 5.32 Å². The van der Waals surface area contributed by atoms with Crippen molar-refractivity contribution in [2.24, 2.45) is 0 Å². The van der Waals surface area contributed by atoms with Crippen LogP contribution in [0.1, 0.15) is 31.9 Å². The van der Waals surface area contributed by atoms with E-state index in [1.165, 1.54) is 18.2 Å². The first-order valence-electron chi connectivity index (χ1n) is 6.14. The van der Waals surface area contributed by atoms with Gasteiger partial charge < -0.3 is 5.32 Å². The molecule has 1 aliphatic heterocycles. The molecule has 0 amide bonds. The Hall–Kier alpha value is -1.01. The molecule has 2 atom stereocenters. The highest BCUT2D eigenvalue weighted by Crippen LogP contribution is 2.28. The number of rotatable bonds is 3. The van der Waals surface area contributed by atoms with Gasteiger partial charge in [-0.05, 0) is 32.4 Å². The lowest BCUT2D eigenvalue weighted by molar-refractivity contribution is 0.343. The summed E-state index contributed by atoms with van der Waals surface area (Å²) in [5, 5.41) is 3.05. The van der Waals surface area contributed by atoms with Crippen LogP contribution in [0.2, 0.25) is 0 Å².